The van der Waals surface area contributed by atoms with Gasteiger partial charge in [0.1, 0.15) is 12.1 Å². The molecule has 0 saturated carbocycles. The molecule has 1 N–H and O–H groups in total. The minimum absolute atomic E-state index is 0.0888. The fraction of sp³-hybridized carbons (Fsp3) is 0.250. The number of aromatic hydroxyl groups is 1. The Hall–Kier alpha value is -1.58. The topological polar surface area (TPSA) is 47.5 Å². The zero-order valence-electron chi connectivity index (χ0n) is 6.65. The van der Waals surface area contributed by atoms with E-state index >= 15 is 0 Å². The van der Waals surface area contributed by atoms with E-state index in [1.54, 1.807) is 17.0 Å². The number of rotatable bonds is 2. The van der Waals surface area contributed by atoms with Crippen molar-refractivity contribution < 1.29 is 14.4 Å². The largest absolute Gasteiger partial charge is 0.481 e. The standard InChI is InChI=1S/C8H9NO3/c1-2-11-9-4-3-7-6(9)5-8(10)12-7/h3-5,10H,2H2,1H3. The molecular weight excluding hydrogens is 158 g/mol. The van der Waals surface area contributed by atoms with E-state index in [-0.39, 0.29) is 5.95 Å². The van der Waals surface area contributed by atoms with E-state index in [1.807, 2.05) is 6.92 Å². The second kappa shape index (κ2) is 2.48. The van der Waals surface area contributed by atoms with Crippen molar-refractivity contribution in [3.05, 3.63) is 18.3 Å². The molecule has 0 aliphatic heterocycles. The van der Waals surface area contributed by atoms with Crippen molar-refractivity contribution in [3.8, 4) is 5.95 Å². The van der Waals surface area contributed by atoms with Gasteiger partial charge in [0.2, 0.25) is 0 Å². The summed E-state index contributed by atoms with van der Waals surface area (Å²) in [5, 5.41) is 9.00. The van der Waals surface area contributed by atoms with Crippen LogP contribution in [0.5, 0.6) is 5.95 Å². The van der Waals surface area contributed by atoms with Crippen LogP contribution >= 0.6 is 0 Å². The fourth-order valence-corrected chi connectivity index (χ4v) is 1.14. The third-order valence-electron chi connectivity index (χ3n) is 1.59. The van der Waals surface area contributed by atoms with Gasteiger partial charge in [-0.25, -0.2) is 0 Å². The van der Waals surface area contributed by atoms with Crippen LogP contribution in [-0.2, 0) is 0 Å². The summed E-state index contributed by atoms with van der Waals surface area (Å²) in [6, 6.07) is 3.26. The van der Waals surface area contributed by atoms with E-state index in [0.717, 1.165) is 5.52 Å². The van der Waals surface area contributed by atoms with Gasteiger partial charge in [-0.3, -0.25) is 0 Å². The summed E-state index contributed by atoms with van der Waals surface area (Å²) < 4.78 is 6.52. The molecule has 2 rings (SSSR count). The number of furan rings is 1. The molecule has 0 bridgehead atoms. The van der Waals surface area contributed by atoms with Crippen LogP contribution in [0.2, 0.25) is 0 Å². The monoisotopic (exact) mass is 167 g/mol. The molecule has 0 aliphatic carbocycles. The third-order valence-corrected chi connectivity index (χ3v) is 1.59. The molecule has 0 aromatic carbocycles. The van der Waals surface area contributed by atoms with Crippen molar-refractivity contribution in [2.75, 3.05) is 6.61 Å². The fourth-order valence-electron chi connectivity index (χ4n) is 1.14. The molecule has 4 nitrogen and oxygen atoms in total. The van der Waals surface area contributed by atoms with Crippen molar-refractivity contribution in [1.82, 2.24) is 4.73 Å². The number of fused-ring (bicyclic) bond motifs is 1. The van der Waals surface area contributed by atoms with Crippen LogP contribution in [0.3, 0.4) is 0 Å². The average Bonchev–Trinajstić information content (AvgIpc) is 2.52. The first kappa shape index (κ1) is 7.09. The minimum atomic E-state index is -0.0888. The third kappa shape index (κ3) is 0.922. The molecule has 0 radical (unpaired) electrons. The SMILES string of the molecule is CCOn1ccc2oc(O)cc21. The Kier molecular flexibility index (Phi) is 1.46. The van der Waals surface area contributed by atoms with Gasteiger partial charge in [0.15, 0.2) is 5.58 Å². The van der Waals surface area contributed by atoms with Gasteiger partial charge in [0.05, 0.1) is 6.07 Å². The molecule has 64 valence electrons. The Bertz CT molecular complexity index is 388. The smallest absolute Gasteiger partial charge is 0.284 e. The van der Waals surface area contributed by atoms with Crippen LogP contribution in [0.15, 0.2) is 22.7 Å². The molecule has 0 unspecified atom stereocenters. The number of hydrogen-bond acceptors (Lipinski definition) is 3. The Labute approximate surface area is 68.9 Å². The Morgan fingerprint density at radius 2 is 2.50 bits per heavy atom. The van der Waals surface area contributed by atoms with Gasteiger partial charge in [-0.05, 0) is 6.92 Å². The molecule has 2 aromatic rings. The predicted molar refractivity (Wildman–Crippen MR) is 43.0 cm³/mol. The summed E-state index contributed by atoms with van der Waals surface area (Å²) in [4.78, 5) is 5.22. The van der Waals surface area contributed by atoms with Crippen molar-refractivity contribution >= 4 is 11.1 Å². The highest BCUT2D eigenvalue weighted by Crippen LogP contribution is 2.23. The van der Waals surface area contributed by atoms with Gasteiger partial charge in [-0.15, -0.1) is 0 Å². The molecule has 0 spiro atoms. The quantitative estimate of drug-likeness (QED) is 0.735. The summed E-state index contributed by atoms with van der Waals surface area (Å²) >= 11 is 0. The Morgan fingerprint density at radius 1 is 1.67 bits per heavy atom. The molecule has 0 fully saturated rings. The Morgan fingerprint density at radius 3 is 3.25 bits per heavy atom. The van der Waals surface area contributed by atoms with Gasteiger partial charge in [0.25, 0.3) is 5.95 Å². The van der Waals surface area contributed by atoms with Crippen molar-refractivity contribution in [2.24, 2.45) is 0 Å². The number of nitrogens with zero attached hydrogens (tertiary/aromatic N) is 1. The van der Waals surface area contributed by atoms with Crippen LogP contribution in [0.1, 0.15) is 6.92 Å². The second-order valence-electron chi connectivity index (χ2n) is 2.39. The van der Waals surface area contributed by atoms with E-state index in [9.17, 15) is 0 Å². The maximum atomic E-state index is 9.00. The van der Waals surface area contributed by atoms with Gasteiger partial charge < -0.3 is 14.4 Å². The average molecular weight is 167 g/mol. The van der Waals surface area contributed by atoms with Crippen molar-refractivity contribution in [2.45, 2.75) is 6.92 Å². The van der Waals surface area contributed by atoms with E-state index < -0.39 is 0 Å². The van der Waals surface area contributed by atoms with Gasteiger partial charge >= 0.3 is 0 Å². The van der Waals surface area contributed by atoms with E-state index in [4.69, 9.17) is 14.4 Å². The van der Waals surface area contributed by atoms with Crippen molar-refractivity contribution in [1.29, 1.82) is 0 Å². The molecule has 4 heteroatoms. The highest BCUT2D eigenvalue weighted by atomic mass is 16.7. The summed E-state index contributed by atoms with van der Waals surface area (Å²) in [6.45, 7) is 2.47. The normalized spacial score (nSPS) is 10.8. The summed E-state index contributed by atoms with van der Waals surface area (Å²) in [5.74, 6) is -0.0888. The van der Waals surface area contributed by atoms with E-state index in [2.05, 4.69) is 0 Å². The molecule has 0 amide bonds. The molecule has 0 atom stereocenters. The lowest BCUT2D eigenvalue weighted by Gasteiger charge is -2.01. The second-order valence-corrected chi connectivity index (χ2v) is 2.39. The molecule has 12 heavy (non-hydrogen) atoms. The van der Waals surface area contributed by atoms with Crippen LogP contribution in [0, 0.1) is 0 Å². The van der Waals surface area contributed by atoms with Gasteiger partial charge in [0, 0.05) is 12.3 Å². The lowest BCUT2D eigenvalue weighted by Crippen LogP contribution is -2.07. The molecule has 0 saturated heterocycles. The summed E-state index contributed by atoms with van der Waals surface area (Å²) in [6.07, 6.45) is 1.75. The number of aromatic nitrogens is 1. The van der Waals surface area contributed by atoms with Gasteiger partial charge in [-0.1, -0.05) is 0 Å². The van der Waals surface area contributed by atoms with Crippen LogP contribution in [0.4, 0.5) is 0 Å². The zero-order chi connectivity index (χ0) is 8.55. The molecule has 0 aliphatic rings. The van der Waals surface area contributed by atoms with Gasteiger partial charge in [-0.2, -0.15) is 4.73 Å². The van der Waals surface area contributed by atoms with E-state index in [1.165, 1.54) is 6.07 Å². The van der Waals surface area contributed by atoms with Crippen LogP contribution in [0.25, 0.3) is 11.1 Å². The van der Waals surface area contributed by atoms with Crippen molar-refractivity contribution in [3.63, 3.8) is 0 Å². The highest BCUT2D eigenvalue weighted by molar-refractivity contribution is 5.75. The summed E-state index contributed by atoms with van der Waals surface area (Å²) in [5.41, 5.74) is 1.37. The predicted octanol–water partition coefficient (Wildman–Crippen LogP) is 1.39. The molecule has 2 heterocycles. The molecular formula is C8H9NO3. The lowest BCUT2D eigenvalue weighted by atomic mass is 10.5. The first-order valence-electron chi connectivity index (χ1n) is 3.74. The van der Waals surface area contributed by atoms with Crippen LogP contribution in [-0.4, -0.2) is 16.4 Å². The summed E-state index contributed by atoms with van der Waals surface area (Å²) in [7, 11) is 0. The molecule has 2 aromatic heterocycles. The Balaban J connectivity index is 2.53. The number of hydrogen-bond donors (Lipinski definition) is 1. The lowest BCUT2D eigenvalue weighted by molar-refractivity contribution is 0.132. The maximum Gasteiger partial charge on any atom is 0.284 e. The zero-order valence-corrected chi connectivity index (χ0v) is 6.65. The first-order chi connectivity index (χ1) is 5.81. The first-order valence-corrected chi connectivity index (χ1v) is 3.74. The minimum Gasteiger partial charge on any atom is -0.481 e. The van der Waals surface area contributed by atoms with E-state index in [0.29, 0.717) is 12.2 Å². The maximum absolute atomic E-state index is 9.00. The highest BCUT2D eigenvalue weighted by Gasteiger charge is 2.06. The van der Waals surface area contributed by atoms with Crippen LogP contribution < -0.4 is 4.84 Å².